The van der Waals surface area contributed by atoms with Crippen LogP contribution in [0.15, 0.2) is 66.5 Å². The second kappa shape index (κ2) is 8.90. The molecule has 0 aliphatic carbocycles. The Kier molecular flexibility index (Phi) is 6.01. The van der Waals surface area contributed by atoms with E-state index in [2.05, 4.69) is 4.98 Å². The Labute approximate surface area is 193 Å². The first-order chi connectivity index (χ1) is 15.9. The average Bonchev–Trinajstić information content (AvgIpc) is 3.09. The smallest absolute Gasteiger partial charge is 0.300 e. The third kappa shape index (κ3) is 3.89. The van der Waals surface area contributed by atoms with Gasteiger partial charge < -0.3 is 9.84 Å². The van der Waals surface area contributed by atoms with Gasteiger partial charge in [0.15, 0.2) is 0 Å². The number of aliphatic hydroxyl groups is 1. The Morgan fingerprint density at radius 3 is 2.45 bits per heavy atom. The maximum atomic E-state index is 13.3. The quantitative estimate of drug-likeness (QED) is 0.346. The van der Waals surface area contributed by atoms with Gasteiger partial charge in [0.25, 0.3) is 11.7 Å². The van der Waals surface area contributed by atoms with Crippen LogP contribution in [-0.2, 0) is 16.0 Å². The monoisotopic (exact) mass is 442 g/mol. The molecular weight excluding hydrogens is 416 g/mol. The van der Waals surface area contributed by atoms with Crippen molar-refractivity contribution in [2.75, 3.05) is 12.0 Å². The summed E-state index contributed by atoms with van der Waals surface area (Å²) in [5.74, 6) is -1.25. The molecule has 2 heterocycles. The van der Waals surface area contributed by atoms with Gasteiger partial charge in [0.05, 0.1) is 24.3 Å². The molecule has 0 saturated carbocycles. The van der Waals surface area contributed by atoms with Crippen molar-refractivity contribution in [2.45, 2.75) is 33.2 Å². The van der Waals surface area contributed by atoms with Gasteiger partial charge in [-0.2, -0.15) is 0 Å². The van der Waals surface area contributed by atoms with Crippen molar-refractivity contribution in [3.63, 3.8) is 0 Å². The molecule has 0 spiro atoms. The second-order valence-corrected chi connectivity index (χ2v) is 8.14. The van der Waals surface area contributed by atoms with Gasteiger partial charge in [0, 0.05) is 18.1 Å². The number of benzene rings is 2. The highest BCUT2D eigenvalue weighted by Crippen LogP contribution is 2.43. The predicted molar refractivity (Wildman–Crippen MR) is 127 cm³/mol. The predicted octanol–water partition coefficient (Wildman–Crippen LogP) is 4.90. The highest BCUT2D eigenvalue weighted by atomic mass is 16.5. The van der Waals surface area contributed by atoms with E-state index < -0.39 is 17.7 Å². The summed E-state index contributed by atoms with van der Waals surface area (Å²) in [4.78, 5) is 32.2. The largest absolute Gasteiger partial charge is 0.507 e. The van der Waals surface area contributed by atoms with E-state index in [0.717, 1.165) is 23.1 Å². The van der Waals surface area contributed by atoms with Crippen molar-refractivity contribution in [1.82, 2.24) is 4.98 Å². The van der Waals surface area contributed by atoms with Gasteiger partial charge in [-0.3, -0.25) is 19.5 Å². The number of aliphatic hydroxyl groups excluding tert-OH is 1. The number of ketones is 1. The fourth-order valence-corrected chi connectivity index (χ4v) is 4.39. The molecule has 1 saturated heterocycles. The summed E-state index contributed by atoms with van der Waals surface area (Å²) in [5, 5.41) is 11.4. The van der Waals surface area contributed by atoms with Gasteiger partial charge in [-0.15, -0.1) is 0 Å². The number of anilines is 1. The number of hydrogen-bond donors (Lipinski definition) is 1. The van der Waals surface area contributed by atoms with Gasteiger partial charge in [0.2, 0.25) is 0 Å². The number of aromatic nitrogens is 1. The third-order valence-electron chi connectivity index (χ3n) is 5.95. The van der Waals surface area contributed by atoms with Crippen LogP contribution in [0.4, 0.5) is 5.69 Å². The molecule has 1 atom stereocenters. The molecule has 4 rings (SSSR count). The van der Waals surface area contributed by atoms with E-state index in [1.54, 1.807) is 30.6 Å². The standard InChI is InChI=1S/C27H26N2O4/c1-5-18-8-10-20(11-9-18)29-23(19-7-6-12-28-15-19)22(25(31)27(29)32)24(30)21-14-16(2)13-17(3)26(21)33-4/h6-15,23,30H,5H2,1-4H3/b24-22+. The maximum Gasteiger partial charge on any atom is 0.300 e. The molecule has 168 valence electrons. The highest BCUT2D eigenvalue weighted by molar-refractivity contribution is 6.51. The first-order valence-corrected chi connectivity index (χ1v) is 10.8. The molecule has 2 aromatic carbocycles. The SMILES string of the molecule is CCc1ccc(N2C(=O)C(=O)/C(=C(/O)c3cc(C)cc(C)c3OC)C2c2cccnc2)cc1. The third-order valence-corrected chi connectivity index (χ3v) is 5.95. The number of ether oxygens (including phenoxy) is 1. The van der Waals surface area contributed by atoms with E-state index in [-0.39, 0.29) is 11.3 Å². The van der Waals surface area contributed by atoms with Crippen LogP contribution in [0.25, 0.3) is 5.76 Å². The van der Waals surface area contributed by atoms with Crippen LogP contribution in [0.3, 0.4) is 0 Å². The fraction of sp³-hybridized carbons (Fsp3) is 0.222. The molecule has 6 heteroatoms. The van der Waals surface area contributed by atoms with Crippen molar-refractivity contribution in [2.24, 2.45) is 0 Å². The van der Waals surface area contributed by atoms with Gasteiger partial charge in [-0.1, -0.05) is 31.2 Å². The molecular formula is C27H26N2O4. The lowest BCUT2D eigenvalue weighted by molar-refractivity contribution is -0.132. The Morgan fingerprint density at radius 2 is 1.85 bits per heavy atom. The minimum Gasteiger partial charge on any atom is -0.507 e. The minimum absolute atomic E-state index is 0.0101. The maximum absolute atomic E-state index is 13.3. The zero-order chi connectivity index (χ0) is 23.7. The topological polar surface area (TPSA) is 79.7 Å². The molecule has 1 aliphatic heterocycles. The minimum atomic E-state index is -0.822. The molecule has 0 bridgehead atoms. The first-order valence-electron chi connectivity index (χ1n) is 10.8. The van der Waals surface area contributed by atoms with Gasteiger partial charge in [-0.05, 0) is 66.8 Å². The molecule has 1 N–H and O–H groups in total. The number of carbonyl (C=O) groups is 2. The van der Waals surface area contributed by atoms with E-state index in [9.17, 15) is 14.7 Å². The number of rotatable bonds is 5. The van der Waals surface area contributed by atoms with Gasteiger partial charge in [-0.25, -0.2) is 0 Å². The lowest BCUT2D eigenvalue weighted by atomic mass is 9.94. The summed E-state index contributed by atoms with van der Waals surface area (Å²) in [6, 6.07) is 13.9. The summed E-state index contributed by atoms with van der Waals surface area (Å²) in [6.07, 6.45) is 4.09. The highest BCUT2D eigenvalue weighted by Gasteiger charge is 2.47. The van der Waals surface area contributed by atoms with Crippen molar-refractivity contribution in [1.29, 1.82) is 0 Å². The summed E-state index contributed by atoms with van der Waals surface area (Å²) < 4.78 is 5.54. The van der Waals surface area contributed by atoms with Crippen LogP contribution in [0.5, 0.6) is 5.75 Å². The summed E-state index contributed by atoms with van der Waals surface area (Å²) in [7, 11) is 1.51. The Balaban J connectivity index is 1.97. The van der Waals surface area contributed by atoms with Gasteiger partial charge in [0.1, 0.15) is 11.5 Å². The molecule has 1 aromatic heterocycles. The van der Waals surface area contributed by atoms with E-state index >= 15 is 0 Å². The molecule has 0 radical (unpaired) electrons. The van der Waals surface area contributed by atoms with Crippen molar-refractivity contribution < 1.29 is 19.4 Å². The lowest BCUT2D eigenvalue weighted by Crippen LogP contribution is -2.29. The number of pyridine rings is 1. The molecule has 1 amide bonds. The Morgan fingerprint density at radius 1 is 1.12 bits per heavy atom. The van der Waals surface area contributed by atoms with Crippen LogP contribution in [-0.4, -0.2) is 28.9 Å². The fourth-order valence-electron chi connectivity index (χ4n) is 4.39. The number of hydrogen-bond acceptors (Lipinski definition) is 5. The average molecular weight is 443 g/mol. The molecule has 1 aliphatic rings. The second-order valence-electron chi connectivity index (χ2n) is 8.14. The number of Topliss-reactive ketones (excluding diaryl/α,β-unsaturated/α-hetero) is 1. The summed E-state index contributed by atoms with van der Waals surface area (Å²) in [5.41, 5.74) is 4.43. The summed E-state index contributed by atoms with van der Waals surface area (Å²) in [6.45, 7) is 5.82. The number of amides is 1. The molecule has 1 unspecified atom stereocenters. The Hall–Kier alpha value is -3.93. The number of nitrogens with zero attached hydrogens (tertiary/aromatic N) is 2. The van der Waals surface area contributed by atoms with Crippen molar-refractivity contribution >= 4 is 23.1 Å². The molecule has 33 heavy (non-hydrogen) atoms. The molecule has 6 nitrogen and oxygen atoms in total. The number of methoxy groups -OCH3 is 1. The lowest BCUT2D eigenvalue weighted by Gasteiger charge is -2.25. The van der Waals surface area contributed by atoms with E-state index in [1.165, 1.54) is 12.0 Å². The Bertz CT molecular complexity index is 1250. The molecule has 3 aromatic rings. The number of aryl methyl sites for hydroxylation is 3. The van der Waals surface area contributed by atoms with Crippen LogP contribution >= 0.6 is 0 Å². The van der Waals surface area contributed by atoms with E-state index in [1.807, 2.05) is 51.1 Å². The molecule has 1 fully saturated rings. The first kappa shape index (κ1) is 22.3. The van der Waals surface area contributed by atoms with Crippen molar-refractivity contribution in [3.05, 3.63) is 94.3 Å². The van der Waals surface area contributed by atoms with E-state index in [4.69, 9.17) is 4.74 Å². The zero-order valence-electron chi connectivity index (χ0n) is 19.1. The van der Waals surface area contributed by atoms with Crippen LogP contribution in [0.2, 0.25) is 0 Å². The van der Waals surface area contributed by atoms with Crippen LogP contribution < -0.4 is 9.64 Å². The zero-order valence-corrected chi connectivity index (χ0v) is 19.1. The normalized spacial score (nSPS) is 17.5. The van der Waals surface area contributed by atoms with Crippen LogP contribution in [0, 0.1) is 13.8 Å². The van der Waals surface area contributed by atoms with E-state index in [0.29, 0.717) is 22.6 Å². The van der Waals surface area contributed by atoms with Gasteiger partial charge >= 0.3 is 0 Å². The van der Waals surface area contributed by atoms with Crippen LogP contribution in [0.1, 0.15) is 40.8 Å². The summed E-state index contributed by atoms with van der Waals surface area (Å²) >= 11 is 0. The van der Waals surface area contributed by atoms with Crippen molar-refractivity contribution in [3.8, 4) is 5.75 Å². The number of carbonyl (C=O) groups excluding carboxylic acids is 2.